The summed E-state index contributed by atoms with van der Waals surface area (Å²) in [7, 11) is 0. The van der Waals surface area contributed by atoms with Gasteiger partial charge in [0.1, 0.15) is 0 Å². The van der Waals surface area contributed by atoms with Crippen molar-refractivity contribution in [2.24, 2.45) is 0 Å². The van der Waals surface area contributed by atoms with Crippen molar-refractivity contribution in [1.29, 1.82) is 0 Å². The van der Waals surface area contributed by atoms with Crippen LogP contribution < -0.4 is 0 Å². The molecule has 0 aromatic carbocycles. The van der Waals surface area contributed by atoms with Gasteiger partial charge in [-0.1, -0.05) is 30.9 Å². The normalized spacial score (nSPS) is 23.7. The molecule has 0 bridgehead atoms. The standard InChI is InChI=1S/C10H17Cl/c1-3-4-5-6-9-7-10(11)8(9)2/h10H,3-7H2,1-2H3. The van der Waals surface area contributed by atoms with Crippen molar-refractivity contribution in [3.05, 3.63) is 11.1 Å². The lowest BCUT2D eigenvalue weighted by atomic mass is 9.86. The van der Waals surface area contributed by atoms with Crippen LogP contribution in [0.2, 0.25) is 0 Å². The van der Waals surface area contributed by atoms with Gasteiger partial charge >= 0.3 is 0 Å². The van der Waals surface area contributed by atoms with Crippen LogP contribution in [0.25, 0.3) is 0 Å². The van der Waals surface area contributed by atoms with Crippen LogP contribution in [-0.2, 0) is 0 Å². The largest absolute Gasteiger partial charge is 0.118 e. The van der Waals surface area contributed by atoms with Crippen LogP contribution in [-0.4, -0.2) is 5.38 Å². The Bertz CT molecular complexity index is 158. The summed E-state index contributed by atoms with van der Waals surface area (Å²) < 4.78 is 0. The first-order chi connectivity index (χ1) is 5.25. The Morgan fingerprint density at radius 2 is 2.18 bits per heavy atom. The number of unbranched alkanes of at least 4 members (excludes halogenated alkanes) is 2. The number of hydrogen-bond donors (Lipinski definition) is 0. The lowest BCUT2D eigenvalue weighted by molar-refractivity contribution is 0.657. The maximum atomic E-state index is 5.95. The summed E-state index contributed by atoms with van der Waals surface area (Å²) in [6.07, 6.45) is 6.48. The summed E-state index contributed by atoms with van der Waals surface area (Å²) in [5, 5.41) is 0.367. The van der Waals surface area contributed by atoms with Crippen LogP contribution in [0, 0.1) is 0 Å². The Labute approximate surface area is 74.6 Å². The second-order valence-electron chi connectivity index (χ2n) is 3.42. The maximum Gasteiger partial charge on any atom is 0.0582 e. The first-order valence-electron chi connectivity index (χ1n) is 4.58. The summed E-state index contributed by atoms with van der Waals surface area (Å²) in [5.74, 6) is 0. The number of alkyl halides is 1. The van der Waals surface area contributed by atoms with E-state index in [0.29, 0.717) is 5.38 Å². The molecular weight excluding hydrogens is 156 g/mol. The molecule has 0 saturated carbocycles. The fourth-order valence-electron chi connectivity index (χ4n) is 1.51. The minimum absolute atomic E-state index is 0.367. The summed E-state index contributed by atoms with van der Waals surface area (Å²) >= 11 is 5.95. The molecule has 1 atom stereocenters. The van der Waals surface area contributed by atoms with Crippen molar-refractivity contribution in [1.82, 2.24) is 0 Å². The highest BCUT2D eigenvalue weighted by Crippen LogP contribution is 2.35. The Hall–Kier alpha value is 0.0300. The third-order valence-corrected chi connectivity index (χ3v) is 3.02. The number of hydrogen-bond acceptors (Lipinski definition) is 0. The summed E-state index contributed by atoms with van der Waals surface area (Å²) in [4.78, 5) is 0. The molecule has 64 valence electrons. The molecule has 1 unspecified atom stereocenters. The molecule has 1 aliphatic rings. The van der Waals surface area contributed by atoms with Gasteiger partial charge in [-0.3, -0.25) is 0 Å². The fourth-order valence-corrected chi connectivity index (χ4v) is 1.85. The van der Waals surface area contributed by atoms with Gasteiger partial charge in [-0.15, -0.1) is 11.6 Å². The molecule has 0 aromatic heterocycles. The maximum absolute atomic E-state index is 5.95. The van der Waals surface area contributed by atoms with Crippen molar-refractivity contribution < 1.29 is 0 Å². The van der Waals surface area contributed by atoms with E-state index in [-0.39, 0.29) is 0 Å². The molecular formula is C10H17Cl. The van der Waals surface area contributed by atoms with E-state index < -0.39 is 0 Å². The van der Waals surface area contributed by atoms with E-state index in [4.69, 9.17) is 11.6 Å². The Balaban J connectivity index is 2.19. The van der Waals surface area contributed by atoms with Gasteiger partial charge in [0.2, 0.25) is 0 Å². The summed E-state index contributed by atoms with van der Waals surface area (Å²) in [6, 6.07) is 0. The molecule has 0 amide bonds. The van der Waals surface area contributed by atoms with Crippen LogP contribution in [0.1, 0.15) is 46.0 Å². The van der Waals surface area contributed by atoms with Gasteiger partial charge in [-0.2, -0.15) is 0 Å². The second-order valence-corrected chi connectivity index (χ2v) is 3.94. The van der Waals surface area contributed by atoms with Gasteiger partial charge in [-0.25, -0.2) is 0 Å². The van der Waals surface area contributed by atoms with Crippen LogP contribution in [0.5, 0.6) is 0 Å². The smallest absolute Gasteiger partial charge is 0.0582 e. The molecule has 1 rings (SSSR count). The second kappa shape index (κ2) is 4.15. The zero-order chi connectivity index (χ0) is 8.27. The van der Waals surface area contributed by atoms with E-state index in [2.05, 4.69) is 13.8 Å². The van der Waals surface area contributed by atoms with Crippen molar-refractivity contribution >= 4 is 11.6 Å². The van der Waals surface area contributed by atoms with Gasteiger partial charge in [0, 0.05) is 0 Å². The summed E-state index contributed by atoms with van der Waals surface area (Å²) in [6.45, 7) is 4.41. The molecule has 0 heterocycles. The SMILES string of the molecule is CCCCCC1=C(C)C(Cl)C1. The highest BCUT2D eigenvalue weighted by atomic mass is 35.5. The molecule has 0 aromatic rings. The zero-order valence-electron chi connectivity index (χ0n) is 7.49. The highest BCUT2D eigenvalue weighted by molar-refractivity contribution is 6.23. The minimum Gasteiger partial charge on any atom is -0.118 e. The lowest BCUT2D eigenvalue weighted by Gasteiger charge is -2.26. The quantitative estimate of drug-likeness (QED) is 0.343. The van der Waals surface area contributed by atoms with Crippen LogP contribution in [0.4, 0.5) is 0 Å². The summed E-state index contributed by atoms with van der Waals surface area (Å²) in [5.41, 5.74) is 3.07. The third kappa shape index (κ3) is 2.23. The molecule has 11 heavy (non-hydrogen) atoms. The predicted molar refractivity (Wildman–Crippen MR) is 51.1 cm³/mol. The predicted octanol–water partition coefficient (Wildman–Crippen LogP) is 3.89. The van der Waals surface area contributed by atoms with Gasteiger partial charge in [-0.05, 0) is 26.2 Å². The van der Waals surface area contributed by atoms with E-state index in [1.165, 1.54) is 31.3 Å². The number of halogens is 1. The average molecular weight is 173 g/mol. The van der Waals surface area contributed by atoms with Crippen LogP contribution >= 0.6 is 11.6 Å². The number of rotatable bonds is 4. The fraction of sp³-hybridized carbons (Fsp3) is 0.800. The first kappa shape index (κ1) is 9.12. The lowest BCUT2D eigenvalue weighted by Crippen LogP contribution is -2.16. The molecule has 0 saturated heterocycles. The average Bonchev–Trinajstić information content (AvgIpc) is 2.03. The van der Waals surface area contributed by atoms with E-state index in [9.17, 15) is 0 Å². The van der Waals surface area contributed by atoms with Gasteiger partial charge in [0.05, 0.1) is 5.38 Å². The monoisotopic (exact) mass is 172 g/mol. The van der Waals surface area contributed by atoms with Crippen molar-refractivity contribution in [2.45, 2.75) is 51.3 Å². The molecule has 0 N–H and O–H groups in total. The Morgan fingerprint density at radius 1 is 1.45 bits per heavy atom. The molecule has 0 radical (unpaired) electrons. The molecule has 0 fully saturated rings. The minimum atomic E-state index is 0.367. The molecule has 0 nitrogen and oxygen atoms in total. The Kier molecular flexibility index (Phi) is 3.45. The zero-order valence-corrected chi connectivity index (χ0v) is 8.25. The molecule has 1 aliphatic carbocycles. The number of allylic oxidation sites excluding steroid dienone is 2. The van der Waals surface area contributed by atoms with E-state index in [1.807, 2.05) is 0 Å². The van der Waals surface area contributed by atoms with Gasteiger partial charge < -0.3 is 0 Å². The van der Waals surface area contributed by atoms with Gasteiger partial charge in [0.25, 0.3) is 0 Å². The topological polar surface area (TPSA) is 0 Å². The Morgan fingerprint density at radius 3 is 2.64 bits per heavy atom. The van der Waals surface area contributed by atoms with E-state index in [1.54, 1.807) is 5.57 Å². The third-order valence-electron chi connectivity index (χ3n) is 2.54. The van der Waals surface area contributed by atoms with E-state index in [0.717, 1.165) is 6.42 Å². The van der Waals surface area contributed by atoms with Crippen molar-refractivity contribution in [3.63, 3.8) is 0 Å². The van der Waals surface area contributed by atoms with Crippen molar-refractivity contribution in [2.75, 3.05) is 0 Å². The first-order valence-corrected chi connectivity index (χ1v) is 5.02. The van der Waals surface area contributed by atoms with Crippen LogP contribution in [0.3, 0.4) is 0 Å². The van der Waals surface area contributed by atoms with Gasteiger partial charge in [0.15, 0.2) is 0 Å². The highest BCUT2D eigenvalue weighted by Gasteiger charge is 2.22. The van der Waals surface area contributed by atoms with Crippen LogP contribution in [0.15, 0.2) is 11.1 Å². The molecule has 1 heteroatoms. The van der Waals surface area contributed by atoms with E-state index >= 15 is 0 Å². The molecule has 0 spiro atoms. The van der Waals surface area contributed by atoms with Crippen molar-refractivity contribution in [3.8, 4) is 0 Å². The molecule has 0 aliphatic heterocycles.